The Labute approximate surface area is 145 Å². The Morgan fingerprint density at radius 3 is 2.17 bits per heavy atom. The first-order valence-corrected chi connectivity index (χ1v) is 8.12. The Bertz CT molecular complexity index is 555. The summed E-state index contributed by atoms with van der Waals surface area (Å²) >= 11 is 0. The van der Waals surface area contributed by atoms with Crippen LogP contribution in [0.25, 0.3) is 0 Å². The smallest absolute Gasteiger partial charge is 0.347 e. The first kappa shape index (κ1) is 19.5. The average Bonchev–Trinajstić information content (AvgIpc) is 2.83. The summed E-state index contributed by atoms with van der Waals surface area (Å²) in [6.07, 6.45) is 1.95. The van der Waals surface area contributed by atoms with Gasteiger partial charge in [0.2, 0.25) is 0 Å². The van der Waals surface area contributed by atoms with E-state index in [-0.39, 0.29) is 18.4 Å². The first-order chi connectivity index (χ1) is 10.4. The molecular formula is C18H28ClN3O. The summed E-state index contributed by atoms with van der Waals surface area (Å²) < 4.78 is 0. The third-order valence-corrected chi connectivity index (χ3v) is 4.17. The van der Waals surface area contributed by atoms with Crippen molar-refractivity contribution >= 4 is 30.0 Å². The van der Waals surface area contributed by atoms with Gasteiger partial charge in [0.25, 0.3) is 0 Å². The molecule has 0 atom stereocenters. The van der Waals surface area contributed by atoms with Crippen molar-refractivity contribution in [3.8, 4) is 0 Å². The average molecular weight is 338 g/mol. The first-order valence-electron chi connectivity index (χ1n) is 8.12. The summed E-state index contributed by atoms with van der Waals surface area (Å²) in [5.41, 5.74) is 3.27. The van der Waals surface area contributed by atoms with Crippen LogP contribution in [0, 0.1) is 0 Å². The second-order valence-electron chi connectivity index (χ2n) is 6.60. The molecular weight excluding hydrogens is 310 g/mol. The minimum Gasteiger partial charge on any atom is -0.363 e. The minimum atomic E-state index is -0.265. The van der Waals surface area contributed by atoms with Crippen molar-refractivity contribution < 1.29 is 4.79 Å². The highest BCUT2D eigenvalue weighted by Gasteiger charge is 2.18. The van der Waals surface area contributed by atoms with Crippen LogP contribution in [0.1, 0.15) is 63.5 Å². The highest BCUT2D eigenvalue weighted by atomic mass is 35.5. The number of carbonyl (C=O) groups is 1. The van der Waals surface area contributed by atoms with E-state index in [1.807, 2.05) is 7.05 Å². The molecule has 2 amide bonds. The maximum atomic E-state index is 12.3. The van der Waals surface area contributed by atoms with Gasteiger partial charge in [0.1, 0.15) is 5.84 Å². The van der Waals surface area contributed by atoms with Crippen LogP contribution in [0.4, 0.5) is 10.5 Å². The van der Waals surface area contributed by atoms with Gasteiger partial charge in [-0.15, -0.1) is 12.4 Å². The summed E-state index contributed by atoms with van der Waals surface area (Å²) in [4.78, 5) is 18.6. The zero-order valence-electron chi connectivity index (χ0n) is 14.7. The topological polar surface area (TPSA) is 44.7 Å². The Balaban J connectivity index is 0.00000264. The van der Waals surface area contributed by atoms with Gasteiger partial charge in [-0.3, -0.25) is 0 Å². The van der Waals surface area contributed by atoms with E-state index in [2.05, 4.69) is 61.1 Å². The van der Waals surface area contributed by atoms with Crippen LogP contribution in [0.3, 0.4) is 0 Å². The molecule has 0 unspecified atom stereocenters. The maximum Gasteiger partial charge on any atom is 0.347 e. The van der Waals surface area contributed by atoms with Crippen LogP contribution in [-0.2, 0) is 0 Å². The van der Waals surface area contributed by atoms with E-state index in [0.717, 1.165) is 30.9 Å². The number of para-hydroxylation sites is 1. The molecule has 1 aromatic carbocycles. The lowest BCUT2D eigenvalue weighted by Gasteiger charge is -2.19. The van der Waals surface area contributed by atoms with Crippen LogP contribution in [0.15, 0.2) is 23.2 Å². The number of halogens is 1. The minimum absolute atomic E-state index is 0. The van der Waals surface area contributed by atoms with Crippen LogP contribution in [0.5, 0.6) is 0 Å². The zero-order chi connectivity index (χ0) is 16.3. The van der Waals surface area contributed by atoms with Crippen molar-refractivity contribution in [3.63, 3.8) is 0 Å². The number of benzene rings is 1. The molecule has 1 aliphatic rings. The standard InChI is InChI=1S/C18H27N3O.ClH/c1-12(2)14-8-6-9-15(13(3)4)17(14)20-18(22)19-16-10-7-11-21(16)5;/h6,8-9,12-13H,7,10-11H2,1-5H3,(H,20,22);1H/b19-16-;. The number of hydrogen-bond acceptors (Lipinski definition) is 1. The largest absolute Gasteiger partial charge is 0.363 e. The predicted molar refractivity (Wildman–Crippen MR) is 100 cm³/mol. The quantitative estimate of drug-likeness (QED) is 0.842. The predicted octanol–water partition coefficient (Wildman–Crippen LogP) is 5.01. The molecule has 0 bridgehead atoms. The summed E-state index contributed by atoms with van der Waals surface area (Å²) in [5, 5.41) is 3.04. The molecule has 1 heterocycles. The second kappa shape index (κ2) is 8.34. The van der Waals surface area contributed by atoms with Crippen molar-refractivity contribution in [2.75, 3.05) is 18.9 Å². The monoisotopic (exact) mass is 337 g/mol. The molecule has 1 aromatic rings. The lowest BCUT2D eigenvalue weighted by molar-refractivity contribution is 0.259. The second-order valence-corrected chi connectivity index (χ2v) is 6.60. The molecule has 2 rings (SSSR count). The molecule has 0 spiro atoms. The summed E-state index contributed by atoms with van der Waals surface area (Å²) in [7, 11) is 1.99. The molecule has 128 valence electrons. The molecule has 23 heavy (non-hydrogen) atoms. The normalized spacial score (nSPS) is 16.1. The van der Waals surface area contributed by atoms with Gasteiger partial charge < -0.3 is 10.2 Å². The third-order valence-electron chi connectivity index (χ3n) is 4.17. The zero-order valence-corrected chi connectivity index (χ0v) is 15.5. The Hall–Kier alpha value is -1.55. The number of rotatable bonds is 3. The molecule has 1 saturated heterocycles. The van der Waals surface area contributed by atoms with E-state index >= 15 is 0 Å². The number of likely N-dealkylation sites (tertiary alicyclic amines) is 1. The van der Waals surface area contributed by atoms with Gasteiger partial charge in [-0.1, -0.05) is 45.9 Å². The highest BCUT2D eigenvalue weighted by molar-refractivity contribution is 6.01. The van der Waals surface area contributed by atoms with E-state index in [1.165, 1.54) is 11.1 Å². The SMILES string of the molecule is CC(C)c1cccc(C(C)C)c1NC(=O)/N=C1/CCCN1C.Cl. The van der Waals surface area contributed by atoms with Crippen LogP contribution in [-0.4, -0.2) is 30.4 Å². The molecule has 0 aliphatic carbocycles. The number of anilines is 1. The van der Waals surface area contributed by atoms with Crippen LogP contribution < -0.4 is 5.32 Å². The molecule has 1 N–H and O–H groups in total. The van der Waals surface area contributed by atoms with Gasteiger partial charge in [0.05, 0.1) is 0 Å². The molecule has 0 aromatic heterocycles. The molecule has 1 fully saturated rings. The number of amides is 2. The van der Waals surface area contributed by atoms with Gasteiger partial charge >= 0.3 is 6.03 Å². The number of amidine groups is 1. The van der Waals surface area contributed by atoms with Crippen molar-refractivity contribution in [1.82, 2.24) is 4.90 Å². The van der Waals surface area contributed by atoms with Gasteiger partial charge in [0.15, 0.2) is 0 Å². The summed E-state index contributed by atoms with van der Waals surface area (Å²) in [6.45, 7) is 9.56. The number of hydrogen-bond donors (Lipinski definition) is 1. The van der Waals surface area contributed by atoms with E-state index in [0.29, 0.717) is 11.8 Å². The fourth-order valence-corrected chi connectivity index (χ4v) is 2.88. The van der Waals surface area contributed by atoms with E-state index in [1.54, 1.807) is 0 Å². The number of urea groups is 1. The van der Waals surface area contributed by atoms with Gasteiger partial charge in [0, 0.05) is 25.7 Å². The Morgan fingerprint density at radius 1 is 1.17 bits per heavy atom. The van der Waals surface area contributed by atoms with Gasteiger partial charge in [-0.2, -0.15) is 4.99 Å². The molecule has 0 saturated carbocycles. The van der Waals surface area contributed by atoms with Crippen LogP contribution >= 0.6 is 12.4 Å². The van der Waals surface area contributed by atoms with Crippen molar-refractivity contribution in [1.29, 1.82) is 0 Å². The molecule has 1 aliphatic heterocycles. The fraction of sp³-hybridized carbons (Fsp3) is 0.556. The van der Waals surface area contributed by atoms with E-state index in [9.17, 15) is 4.79 Å². The van der Waals surface area contributed by atoms with Crippen molar-refractivity contribution in [2.24, 2.45) is 4.99 Å². The van der Waals surface area contributed by atoms with Crippen molar-refractivity contribution in [2.45, 2.75) is 52.4 Å². The number of nitrogens with one attached hydrogen (secondary N) is 1. The summed E-state index contributed by atoms with van der Waals surface area (Å²) in [6, 6.07) is 5.97. The van der Waals surface area contributed by atoms with Gasteiger partial charge in [-0.25, -0.2) is 4.79 Å². The molecule has 4 nitrogen and oxygen atoms in total. The molecule has 0 radical (unpaired) electrons. The van der Waals surface area contributed by atoms with E-state index in [4.69, 9.17) is 0 Å². The maximum absolute atomic E-state index is 12.3. The van der Waals surface area contributed by atoms with Crippen molar-refractivity contribution in [3.05, 3.63) is 29.3 Å². The third kappa shape index (κ3) is 4.71. The fourth-order valence-electron chi connectivity index (χ4n) is 2.88. The lowest BCUT2D eigenvalue weighted by Crippen LogP contribution is -2.22. The van der Waals surface area contributed by atoms with Gasteiger partial charge in [-0.05, 0) is 29.4 Å². The number of nitrogens with zero attached hydrogens (tertiary/aromatic N) is 2. The number of carbonyl (C=O) groups excluding carboxylic acids is 1. The van der Waals surface area contributed by atoms with E-state index < -0.39 is 0 Å². The molecule has 5 heteroatoms. The Morgan fingerprint density at radius 2 is 1.74 bits per heavy atom. The lowest BCUT2D eigenvalue weighted by atomic mass is 9.93. The number of aliphatic imine (C=N–C) groups is 1. The summed E-state index contributed by atoms with van der Waals surface area (Å²) in [5.74, 6) is 1.59. The Kier molecular flexibility index (Phi) is 7.07. The highest BCUT2D eigenvalue weighted by Crippen LogP contribution is 2.32. The van der Waals surface area contributed by atoms with Crippen LogP contribution in [0.2, 0.25) is 0 Å².